The average Bonchev–Trinajstić information content (AvgIpc) is 3.57. The van der Waals surface area contributed by atoms with Crippen LogP contribution in [0, 0.1) is 0 Å². The van der Waals surface area contributed by atoms with Gasteiger partial charge in [-0.15, -0.1) is 0 Å². The van der Waals surface area contributed by atoms with Gasteiger partial charge in [0.1, 0.15) is 18.5 Å². The van der Waals surface area contributed by atoms with Crippen LogP contribution in [0.25, 0.3) is 0 Å². The predicted octanol–water partition coefficient (Wildman–Crippen LogP) is 11.5. The first-order valence-corrected chi connectivity index (χ1v) is 17.5. The molecule has 0 radical (unpaired) electrons. The molecular weight excluding hydrogens is 951 g/mol. The number of imidazole rings is 1. The minimum absolute atomic E-state index is 0.691. The second kappa shape index (κ2) is 17.0. The van der Waals surface area contributed by atoms with E-state index >= 15 is 0 Å². The van der Waals surface area contributed by atoms with Crippen molar-refractivity contribution >= 4 is 28.0 Å². The summed E-state index contributed by atoms with van der Waals surface area (Å²) in [6.45, 7) is 3.18. The van der Waals surface area contributed by atoms with E-state index in [-0.39, 0.29) is 0 Å². The summed E-state index contributed by atoms with van der Waals surface area (Å²) in [6, 6.07) is -8.81. The van der Waals surface area contributed by atoms with Crippen LogP contribution in [0.1, 0.15) is 51.4 Å². The first kappa shape index (κ1) is 52.1. The van der Waals surface area contributed by atoms with Gasteiger partial charge in [0.05, 0.1) is 58.1 Å². The van der Waals surface area contributed by atoms with Gasteiger partial charge in [0, 0.05) is 0 Å². The molecule has 0 atom stereocenters. The van der Waals surface area contributed by atoms with Gasteiger partial charge in [-0.25, -0.2) is 9.13 Å². The van der Waals surface area contributed by atoms with Crippen LogP contribution >= 0.6 is 0 Å². The number of rotatable bonds is 5. The third kappa shape index (κ3) is 11.8. The quantitative estimate of drug-likeness (QED) is 0.0943. The van der Waals surface area contributed by atoms with Crippen LogP contribution in [0.4, 0.5) is 105 Å². The van der Waals surface area contributed by atoms with Crippen molar-refractivity contribution < 1.29 is 110 Å². The van der Waals surface area contributed by atoms with Gasteiger partial charge in [0.25, 0.3) is 0 Å². The fraction of sp³-hybridized carbons (Fsp3) is 0.289. The maximum absolute atomic E-state index is 14.2. The highest BCUT2D eigenvalue weighted by molar-refractivity contribution is 7.20. The molecule has 0 aliphatic rings. The molecule has 5 aromatic rings. The molecular formula is C38H23BF24N2. The number of hydrogen-bond acceptors (Lipinski definition) is 0. The Balaban J connectivity index is 0.00000104. The number of aromatic nitrogens is 2. The normalized spacial score (nSPS) is 13.8. The molecule has 0 bridgehead atoms. The minimum Gasteiger partial charge on any atom is -0.240 e. The second-order valence-corrected chi connectivity index (χ2v) is 14.1. The van der Waals surface area contributed by atoms with Crippen molar-refractivity contribution in [3.05, 3.63) is 136 Å². The Labute approximate surface area is 348 Å². The van der Waals surface area contributed by atoms with Crippen LogP contribution in [0.15, 0.2) is 91.5 Å². The molecule has 5 rings (SSSR count). The van der Waals surface area contributed by atoms with E-state index in [9.17, 15) is 105 Å². The molecule has 0 saturated carbocycles. The third-order valence-corrected chi connectivity index (χ3v) is 9.63. The first-order valence-electron chi connectivity index (χ1n) is 17.5. The van der Waals surface area contributed by atoms with Crippen molar-refractivity contribution in [3.63, 3.8) is 0 Å². The van der Waals surface area contributed by atoms with Gasteiger partial charge in [-0.3, -0.25) is 0 Å². The summed E-state index contributed by atoms with van der Waals surface area (Å²) in [5.41, 5.74) is -30.2. The van der Waals surface area contributed by atoms with Gasteiger partial charge >= 0.3 is 49.4 Å². The van der Waals surface area contributed by atoms with Crippen LogP contribution in [-0.4, -0.2) is 10.7 Å². The number of nitrogens with zero attached hydrogens (tertiary/aromatic N) is 2. The Morgan fingerprint density at radius 3 is 0.646 bits per heavy atom. The van der Waals surface area contributed by atoms with E-state index in [1.807, 2.05) is 17.8 Å². The molecule has 0 N–H and O–H groups in total. The van der Waals surface area contributed by atoms with E-state index in [0.717, 1.165) is 6.54 Å². The molecule has 0 spiro atoms. The number of hydrogen-bond donors (Lipinski definition) is 0. The molecule has 0 unspecified atom stereocenters. The number of alkyl halides is 24. The van der Waals surface area contributed by atoms with Gasteiger partial charge in [0.2, 0.25) is 6.33 Å². The Morgan fingerprint density at radius 2 is 0.538 bits per heavy atom. The van der Waals surface area contributed by atoms with Crippen molar-refractivity contribution in [2.75, 3.05) is 0 Å². The summed E-state index contributed by atoms with van der Waals surface area (Å²) in [5, 5.41) is 0. The lowest BCUT2D eigenvalue weighted by molar-refractivity contribution is -0.671. The number of aryl methyl sites for hydroxylation is 2. The lowest BCUT2D eigenvalue weighted by Gasteiger charge is -2.46. The van der Waals surface area contributed by atoms with Crippen LogP contribution < -0.4 is 26.4 Å². The predicted molar refractivity (Wildman–Crippen MR) is 181 cm³/mol. The Kier molecular flexibility index (Phi) is 13.7. The standard InChI is InChI=1S/C32H12BF24.C6H11N2/c34-25(35,36)13-1-14(26(37,38)39)6-21(5-13)33(22-7-15(27(40,41)42)2-16(8-22)28(43,44)45,23-9-17(29(46,47)48)3-18(10-23)30(49,50)51)24-11-19(31(52,53)54)4-20(12-24)32(55,56)57;1-3-8-5-4-7(2)6-8/h1-12H;4-6H,3H2,1-2H3/q-1;+1. The monoisotopic (exact) mass is 974 g/mol. The highest BCUT2D eigenvalue weighted by atomic mass is 19.4. The molecule has 0 aliphatic heterocycles. The van der Waals surface area contributed by atoms with Gasteiger partial charge in [0.15, 0.2) is 0 Å². The van der Waals surface area contributed by atoms with E-state index in [1.54, 1.807) is 0 Å². The average molecular weight is 974 g/mol. The molecule has 0 saturated heterocycles. The lowest BCUT2D eigenvalue weighted by Crippen LogP contribution is -2.75. The van der Waals surface area contributed by atoms with Crippen molar-refractivity contribution in [2.24, 2.45) is 7.05 Å². The van der Waals surface area contributed by atoms with E-state index in [2.05, 4.69) is 24.0 Å². The van der Waals surface area contributed by atoms with Crippen LogP contribution in [0.5, 0.6) is 0 Å². The lowest BCUT2D eigenvalue weighted by atomic mass is 9.12. The SMILES string of the molecule is CCn1cc[n+](C)c1.FC(F)(F)c1cc([B-](c2cc(C(F)(F)F)cc(C(F)(F)F)c2)(c2cc(C(F)(F)F)cc(C(F)(F)F)c2)c2cc(C(F)(F)F)cc(C(F)(F)F)c2)cc(C(F)(F)F)c1. The molecule has 2 nitrogen and oxygen atoms in total. The molecule has 0 amide bonds. The van der Waals surface area contributed by atoms with E-state index in [1.165, 1.54) is 0 Å². The van der Waals surface area contributed by atoms with Crippen molar-refractivity contribution in [2.45, 2.75) is 62.9 Å². The third-order valence-electron chi connectivity index (χ3n) is 9.63. The van der Waals surface area contributed by atoms with Crippen molar-refractivity contribution in [1.82, 2.24) is 4.57 Å². The molecule has 0 aliphatic carbocycles. The molecule has 1 heterocycles. The number of halogens is 24. The summed E-state index contributed by atoms with van der Waals surface area (Å²) in [5.74, 6) is 0. The Hall–Kier alpha value is -5.53. The molecule has 356 valence electrons. The topological polar surface area (TPSA) is 8.81 Å². The van der Waals surface area contributed by atoms with Crippen LogP contribution in [-0.2, 0) is 63.0 Å². The second-order valence-electron chi connectivity index (χ2n) is 14.1. The fourth-order valence-corrected chi connectivity index (χ4v) is 6.76. The zero-order chi connectivity index (χ0) is 49.9. The van der Waals surface area contributed by atoms with E-state index < -0.39 is 195 Å². The van der Waals surface area contributed by atoms with E-state index in [0.29, 0.717) is 0 Å². The summed E-state index contributed by atoms with van der Waals surface area (Å²) in [7, 11) is 2.02. The van der Waals surface area contributed by atoms with Gasteiger partial charge in [-0.1, -0.05) is 48.5 Å². The maximum atomic E-state index is 14.2. The zero-order valence-corrected chi connectivity index (χ0v) is 31.9. The summed E-state index contributed by atoms with van der Waals surface area (Å²) in [6.07, 6.45) is -48.7. The molecule has 4 aromatic carbocycles. The van der Waals surface area contributed by atoms with Crippen molar-refractivity contribution in [3.8, 4) is 0 Å². The molecule has 1 aromatic heterocycles. The largest absolute Gasteiger partial charge is 0.416 e. The highest BCUT2D eigenvalue weighted by Crippen LogP contribution is 2.41. The van der Waals surface area contributed by atoms with Gasteiger partial charge < -0.3 is 0 Å². The fourth-order valence-electron chi connectivity index (χ4n) is 6.76. The number of benzene rings is 4. The Morgan fingerprint density at radius 1 is 0.354 bits per heavy atom. The smallest absolute Gasteiger partial charge is 0.240 e. The molecule has 65 heavy (non-hydrogen) atoms. The van der Waals surface area contributed by atoms with Gasteiger partial charge in [-0.2, -0.15) is 127 Å². The maximum Gasteiger partial charge on any atom is 0.416 e. The molecule has 0 fully saturated rings. The minimum atomic E-state index is -6.13. The first-order chi connectivity index (χ1) is 29.1. The van der Waals surface area contributed by atoms with Crippen LogP contribution in [0.3, 0.4) is 0 Å². The van der Waals surface area contributed by atoms with Crippen LogP contribution in [0.2, 0.25) is 0 Å². The molecule has 27 heteroatoms. The summed E-state index contributed by atoms with van der Waals surface area (Å²) in [4.78, 5) is 0. The summed E-state index contributed by atoms with van der Waals surface area (Å²) >= 11 is 0. The highest BCUT2D eigenvalue weighted by Gasteiger charge is 2.47. The Bertz CT molecular complexity index is 2050. The van der Waals surface area contributed by atoms with E-state index in [4.69, 9.17) is 0 Å². The summed E-state index contributed by atoms with van der Waals surface area (Å²) < 4.78 is 345. The zero-order valence-electron chi connectivity index (χ0n) is 31.9. The van der Waals surface area contributed by atoms with Gasteiger partial charge in [-0.05, 0) is 31.2 Å². The van der Waals surface area contributed by atoms with Crippen molar-refractivity contribution in [1.29, 1.82) is 0 Å².